The normalized spacial score (nSPS) is 11.5. The highest BCUT2D eigenvalue weighted by Gasteiger charge is 2.17. The fourth-order valence-electron chi connectivity index (χ4n) is 1.65. The molecule has 0 unspecified atom stereocenters. The standard InChI is InChI=1S/C13H11ClFNO2S/c14-10-2-1-3-12(7-10)19(17,18)8-9-6-11(15)4-5-13(9)16/h1-7H,8,16H2. The molecule has 6 heteroatoms. The van der Waals surface area contributed by atoms with Crippen LogP contribution in [0.1, 0.15) is 5.56 Å². The van der Waals surface area contributed by atoms with Gasteiger partial charge in [0.2, 0.25) is 0 Å². The van der Waals surface area contributed by atoms with Crippen molar-refractivity contribution in [3.05, 3.63) is 58.9 Å². The van der Waals surface area contributed by atoms with Crippen molar-refractivity contribution in [2.24, 2.45) is 0 Å². The minimum Gasteiger partial charge on any atom is -0.398 e. The van der Waals surface area contributed by atoms with Gasteiger partial charge >= 0.3 is 0 Å². The topological polar surface area (TPSA) is 60.2 Å². The van der Waals surface area contributed by atoms with Gasteiger partial charge in [0, 0.05) is 10.7 Å². The summed E-state index contributed by atoms with van der Waals surface area (Å²) >= 11 is 5.76. The van der Waals surface area contributed by atoms with Crippen LogP contribution in [0.2, 0.25) is 5.02 Å². The Hall–Kier alpha value is -1.59. The van der Waals surface area contributed by atoms with Crippen molar-refractivity contribution in [1.29, 1.82) is 0 Å². The molecule has 100 valence electrons. The van der Waals surface area contributed by atoms with Gasteiger partial charge in [0.25, 0.3) is 0 Å². The number of rotatable bonds is 3. The molecular formula is C13H11ClFNO2S. The maximum absolute atomic E-state index is 13.1. The van der Waals surface area contributed by atoms with Gasteiger partial charge in [-0.05, 0) is 42.0 Å². The van der Waals surface area contributed by atoms with Crippen LogP contribution in [0.5, 0.6) is 0 Å². The van der Waals surface area contributed by atoms with E-state index in [1.54, 1.807) is 12.1 Å². The predicted molar refractivity (Wildman–Crippen MR) is 73.2 cm³/mol. The third-order valence-electron chi connectivity index (χ3n) is 2.61. The van der Waals surface area contributed by atoms with Crippen molar-refractivity contribution in [2.75, 3.05) is 5.73 Å². The lowest BCUT2D eigenvalue weighted by Gasteiger charge is -2.07. The van der Waals surface area contributed by atoms with Gasteiger partial charge in [0.05, 0.1) is 10.6 Å². The molecule has 0 heterocycles. The van der Waals surface area contributed by atoms with Gasteiger partial charge in [-0.2, -0.15) is 0 Å². The van der Waals surface area contributed by atoms with Crippen molar-refractivity contribution in [3.8, 4) is 0 Å². The molecule has 19 heavy (non-hydrogen) atoms. The Labute approximate surface area is 115 Å². The molecule has 2 aromatic rings. The van der Waals surface area contributed by atoms with Crippen LogP contribution in [0, 0.1) is 5.82 Å². The number of sulfone groups is 1. The molecule has 0 aliphatic rings. The Morgan fingerprint density at radius 1 is 1.16 bits per heavy atom. The first kappa shape index (κ1) is 13.8. The third-order valence-corrected chi connectivity index (χ3v) is 4.50. The summed E-state index contributed by atoms with van der Waals surface area (Å²) in [6.45, 7) is 0. The van der Waals surface area contributed by atoms with E-state index in [1.165, 1.54) is 24.3 Å². The van der Waals surface area contributed by atoms with Crippen molar-refractivity contribution < 1.29 is 12.8 Å². The summed E-state index contributed by atoms with van der Waals surface area (Å²) in [5.41, 5.74) is 6.13. The van der Waals surface area contributed by atoms with Crippen LogP contribution in [-0.2, 0) is 15.6 Å². The number of hydrogen-bond donors (Lipinski definition) is 1. The van der Waals surface area contributed by atoms with E-state index in [9.17, 15) is 12.8 Å². The first-order valence-electron chi connectivity index (χ1n) is 5.41. The second-order valence-corrected chi connectivity index (χ2v) is 6.49. The SMILES string of the molecule is Nc1ccc(F)cc1CS(=O)(=O)c1cccc(Cl)c1. The van der Waals surface area contributed by atoms with E-state index in [4.69, 9.17) is 17.3 Å². The van der Waals surface area contributed by atoms with Gasteiger partial charge in [-0.1, -0.05) is 17.7 Å². The van der Waals surface area contributed by atoms with Crippen molar-refractivity contribution in [3.63, 3.8) is 0 Å². The fraction of sp³-hybridized carbons (Fsp3) is 0.0769. The molecule has 0 saturated heterocycles. The maximum Gasteiger partial charge on any atom is 0.182 e. The van der Waals surface area contributed by atoms with Crippen LogP contribution in [0.3, 0.4) is 0 Å². The monoisotopic (exact) mass is 299 g/mol. The molecule has 0 fully saturated rings. The minimum atomic E-state index is -3.61. The Morgan fingerprint density at radius 3 is 2.58 bits per heavy atom. The molecule has 0 spiro atoms. The first-order chi connectivity index (χ1) is 8.88. The summed E-state index contributed by atoms with van der Waals surface area (Å²) in [4.78, 5) is 0.0867. The molecule has 0 bridgehead atoms. The average Bonchev–Trinajstić information content (AvgIpc) is 2.33. The van der Waals surface area contributed by atoms with E-state index in [1.807, 2.05) is 0 Å². The highest BCUT2D eigenvalue weighted by atomic mass is 35.5. The lowest BCUT2D eigenvalue weighted by atomic mass is 10.2. The van der Waals surface area contributed by atoms with Crippen LogP contribution in [0.4, 0.5) is 10.1 Å². The Bertz CT molecular complexity index is 716. The zero-order valence-corrected chi connectivity index (χ0v) is 11.4. The zero-order valence-electron chi connectivity index (χ0n) is 9.81. The highest BCUT2D eigenvalue weighted by Crippen LogP contribution is 2.23. The Kier molecular flexibility index (Phi) is 3.78. The van der Waals surface area contributed by atoms with Crippen LogP contribution in [0.25, 0.3) is 0 Å². The van der Waals surface area contributed by atoms with E-state index < -0.39 is 15.7 Å². The molecule has 0 radical (unpaired) electrons. The maximum atomic E-state index is 13.1. The highest BCUT2D eigenvalue weighted by molar-refractivity contribution is 7.90. The number of anilines is 1. The van der Waals surface area contributed by atoms with Gasteiger partial charge in [-0.3, -0.25) is 0 Å². The van der Waals surface area contributed by atoms with E-state index in [-0.39, 0.29) is 21.9 Å². The largest absolute Gasteiger partial charge is 0.398 e. The van der Waals surface area contributed by atoms with Crippen LogP contribution >= 0.6 is 11.6 Å². The quantitative estimate of drug-likeness (QED) is 0.886. The smallest absolute Gasteiger partial charge is 0.182 e. The van der Waals surface area contributed by atoms with Crippen molar-refractivity contribution in [1.82, 2.24) is 0 Å². The van der Waals surface area contributed by atoms with E-state index >= 15 is 0 Å². The summed E-state index contributed by atoms with van der Waals surface area (Å²) in [5, 5.41) is 0.327. The Balaban J connectivity index is 2.39. The zero-order chi connectivity index (χ0) is 14.0. The van der Waals surface area contributed by atoms with E-state index in [0.717, 1.165) is 6.07 Å². The Morgan fingerprint density at radius 2 is 1.89 bits per heavy atom. The summed E-state index contributed by atoms with van der Waals surface area (Å²) in [7, 11) is -3.61. The molecular weight excluding hydrogens is 289 g/mol. The lowest BCUT2D eigenvalue weighted by Crippen LogP contribution is -2.07. The minimum absolute atomic E-state index is 0.0867. The van der Waals surface area contributed by atoms with Gasteiger partial charge in [0.15, 0.2) is 9.84 Å². The molecule has 0 aromatic heterocycles. The summed E-state index contributed by atoms with van der Waals surface area (Å²) in [6, 6.07) is 9.57. The van der Waals surface area contributed by atoms with Crippen molar-refractivity contribution in [2.45, 2.75) is 10.6 Å². The number of nitrogens with two attached hydrogens (primary N) is 1. The second-order valence-electron chi connectivity index (χ2n) is 4.06. The molecule has 0 saturated carbocycles. The van der Waals surface area contributed by atoms with E-state index in [0.29, 0.717) is 5.02 Å². The molecule has 2 N–H and O–H groups in total. The molecule has 3 nitrogen and oxygen atoms in total. The molecule has 0 atom stereocenters. The van der Waals surface area contributed by atoms with Crippen LogP contribution in [-0.4, -0.2) is 8.42 Å². The molecule has 0 amide bonds. The van der Waals surface area contributed by atoms with Crippen molar-refractivity contribution >= 4 is 27.1 Å². The second kappa shape index (κ2) is 5.19. The summed E-state index contributed by atoms with van der Waals surface area (Å²) < 4.78 is 37.5. The van der Waals surface area contributed by atoms with Gasteiger partial charge in [-0.15, -0.1) is 0 Å². The van der Waals surface area contributed by atoms with E-state index in [2.05, 4.69) is 0 Å². The molecule has 0 aliphatic carbocycles. The number of halogens is 2. The predicted octanol–water partition coefficient (Wildman–Crippen LogP) is 3.04. The lowest BCUT2D eigenvalue weighted by molar-refractivity contribution is 0.594. The average molecular weight is 300 g/mol. The summed E-state index contributed by atoms with van der Waals surface area (Å²) in [5.74, 6) is -0.887. The van der Waals surface area contributed by atoms with Gasteiger partial charge in [0.1, 0.15) is 5.82 Å². The van der Waals surface area contributed by atoms with Crippen LogP contribution < -0.4 is 5.73 Å². The molecule has 2 rings (SSSR count). The number of hydrogen-bond acceptors (Lipinski definition) is 3. The fourth-order valence-corrected chi connectivity index (χ4v) is 3.32. The molecule has 0 aliphatic heterocycles. The summed E-state index contributed by atoms with van der Waals surface area (Å²) in [6.07, 6.45) is 0. The van der Waals surface area contributed by atoms with Gasteiger partial charge < -0.3 is 5.73 Å². The first-order valence-corrected chi connectivity index (χ1v) is 7.44. The number of benzene rings is 2. The van der Waals surface area contributed by atoms with Crippen LogP contribution in [0.15, 0.2) is 47.4 Å². The third kappa shape index (κ3) is 3.24. The number of nitrogen functional groups attached to an aromatic ring is 1. The van der Waals surface area contributed by atoms with Gasteiger partial charge in [-0.25, -0.2) is 12.8 Å². The molecule has 2 aromatic carbocycles.